The second-order valence-electron chi connectivity index (χ2n) is 2.45. The fourth-order valence-corrected chi connectivity index (χ4v) is 0.784. The molecule has 12 heavy (non-hydrogen) atoms. The molecular formula is C8H14N2O2. The molecule has 2 amide bonds. The molecule has 0 saturated heterocycles. The number of carbonyl (C=O) groups is 2. The number of nitrogens with zero attached hydrogens (tertiary/aromatic N) is 1. The van der Waals surface area contributed by atoms with Crippen molar-refractivity contribution < 1.29 is 9.59 Å². The summed E-state index contributed by atoms with van der Waals surface area (Å²) in [5, 5.41) is 0. The second-order valence-corrected chi connectivity index (χ2v) is 2.45. The fraction of sp³-hybridized carbons (Fsp3) is 0.625. The Morgan fingerprint density at radius 2 is 1.92 bits per heavy atom. The maximum Gasteiger partial charge on any atom is 0.245 e. The van der Waals surface area contributed by atoms with E-state index in [2.05, 4.69) is 4.99 Å². The number of hydrogen-bond donors (Lipinski definition) is 1. The lowest BCUT2D eigenvalue weighted by Gasteiger charge is -1.94. The number of primary amides is 1. The third-order valence-corrected chi connectivity index (χ3v) is 1.34. The van der Waals surface area contributed by atoms with Crippen molar-refractivity contribution in [3.8, 4) is 0 Å². The third kappa shape index (κ3) is 6.92. The minimum absolute atomic E-state index is 0.137. The van der Waals surface area contributed by atoms with Crippen LogP contribution < -0.4 is 5.73 Å². The molecule has 0 aliphatic carbocycles. The molecule has 4 heteroatoms. The molecule has 0 aliphatic heterocycles. The van der Waals surface area contributed by atoms with Crippen LogP contribution in [0.1, 0.15) is 32.6 Å². The van der Waals surface area contributed by atoms with Gasteiger partial charge in [-0.1, -0.05) is 0 Å². The molecule has 4 nitrogen and oxygen atoms in total. The van der Waals surface area contributed by atoms with Crippen molar-refractivity contribution in [2.45, 2.75) is 32.6 Å². The molecule has 0 spiro atoms. The molecule has 0 unspecified atom stereocenters. The number of unbranched alkanes of at least 4 members (excludes halogenated alkanes) is 1. The number of nitrogens with two attached hydrogens (primary N) is 1. The second kappa shape index (κ2) is 6.52. The summed E-state index contributed by atoms with van der Waals surface area (Å²) in [7, 11) is 0. The lowest BCUT2D eigenvalue weighted by molar-refractivity contribution is -0.119. The highest BCUT2D eigenvalue weighted by Crippen LogP contribution is 2.00. The van der Waals surface area contributed by atoms with E-state index in [0.29, 0.717) is 25.7 Å². The molecule has 0 aromatic heterocycles. The van der Waals surface area contributed by atoms with Crippen molar-refractivity contribution >= 4 is 18.0 Å². The van der Waals surface area contributed by atoms with Gasteiger partial charge in [-0.25, -0.2) is 4.99 Å². The van der Waals surface area contributed by atoms with Crippen molar-refractivity contribution in [2.75, 3.05) is 0 Å². The minimum Gasteiger partial charge on any atom is -0.370 e. The van der Waals surface area contributed by atoms with Gasteiger partial charge < -0.3 is 5.73 Å². The van der Waals surface area contributed by atoms with Crippen LogP contribution in [0.2, 0.25) is 0 Å². The van der Waals surface area contributed by atoms with Crippen molar-refractivity contribution in [2.24, 2.45) is 10.7 Å². The number of rotatable bonds is 5. The van der Waals surface area contributed by atoms with E-state index in [1.165, 1.54) is 6.21 Å². The Morgan fingerprint density at radius 1 is 1.33 bits per heavy atom. The summed E-state index contributed by atoms with van der Waals surface area (Å²) in [5.74, 6) is -0.455. The number of amides is 2. The Morgan fingerprint density at radius 3 is 2.42 bits per heavy atom. The van der Waals surface area contributed by atoms with E-state index in [0.717, 1.165) is 0 Å². The van der Waals surface area contributed by atoms with Gasteiger partial charge in [0.1, 0.15) is 0 Å². The predicted octanol–water partition coefficient (Wildman–Crippen LogP) is 0.649. The van der Waals surface area contributed by atoms with Crippen LogP contribution >= 0.6 is 0 Å². The number of carbonyl (C=O) groups excluding carboxylic acids is 2. The molecule has 0 radical (unpaired) electrons. The molecule has 0 atom stereocenters. The molecule has 0 heterocycles. The van der Waals surface area contributed by atoms with E-state index in [1.807, 2.05) is 0 Å². The Kier molecular flexibility index (Phi) is 5.87. The molecule has 0 aromatic rings. The van der Waals surface area contributed by atoms with Gasteiger partial charge in [0.2, 0.25) is 11.8 Å². The first-order valence-electron chi connectivity index (χ1n) is 3.96. The molecule has 0 rings (SSSR count). The zero-order valence-corrected chi connectivity index (χ0v) is 7.25. The lowest BCUT2D eigenvalue weighted by atomic mass is 10.2. The van der Waals surface area contributed by atoms with Gasteiger partial charge in [0.15, 0.2) is 0 Å². The smallest absolute Gasteiger partial charge is 0.245 e. The summed E-state index contributed by atoms with van der Waals surface area (Å²) >= 11 is 0. The van der Waals surface area contributed by atoms with E-state index in [4.69, 9.17) is 5.73 Å². The number of hydrogen-bond acceptors (Lipinski definition) is 2. The average Bonchev–Trinajstić information content (AvgIpc) is 1.98. The van der Waals surface area contributed by atoms with E-state index in [9.17, 15) is 9.59 Å². The summed E-state index contributed by atoms with van der Waals surface area (Å²) in [6.07, 6.45) is 3.57. The van der Waals surface area contributed by atoms with Crippen LogP contribution in [0.4, 0.5) is 0 Å². The summed E-state index contributed by atoms with van der Waals surface area (Å²) in [6.45, 7) is 1.70. The molecule has 0 aliphatic rings. The Labute approximate surface area is 71.9 Å². The first kappa shape index (κ1) is 10.8. The summed E-state index contributed by atoms with van der Waals surface area (Å²) in [5.41, 5.74) is 4.91. The van der Waals surface area contributed by atoms with Crippen LogP contribution in [0.25, 0.3) is 0 Å². The maximum atomic E-state index is 10.8. The molecule has 68 valence electrons. The normalized spacial score (nSPS) is 10.4. The summed E-state index contributed by atoms with van der Waals surface area (Å²) in [6, 6.07) is 0. The van der Waals surface area contributed by atoms with Gasteiger partial charge in [-0.2, -0.15) is 0 Å². The highest BCUT2D eigenvalue weighted by Gasteiger charge is 1.98. The monoisotopic (exact) mass is 170 g/mol. The summed E-state index contributed by atoms with van der Waals surface area (Å²) in [4.78, 5) is 24.6. The van der Waals surface area contributed by atoms with Crippen LogP contribution in [0, 0.1) is 0 Å². The average molecular weight is 170 g/mol. The van der Waals surface area contributed by atoms with Gasteiger partial charge in [0.25, 0.3) is 0 Å². The molecule has 2 N–H and O–H groups in total. The van der Waals surface area contributed by atoms with Gasteiger partial charge in [-0.3, -0.25) is 9.59 Å². The number of aliphatic imine (C=N–C) groups is 1. The largest absolute Gasteiger partial charge is 0.370 e. The predicted molar refractivity (Wildman–Crippen MR) is 46.8 cm³/mol. The van der Waals surface area contributed by atoms with Crippen molar-refractivity contribution in [1.29, 1.82) is 0 Å². The van der Waals surface area contributed by atoms with Crippen molar-refractivity contribution in [1.82, 2.24) is 0 Å². The zero-order chi connectivity index (χ0) is 9.40. The quantitative estimate of drug-likeness (QED) is 0.486. The third-order valence-electron chi connectivity index (χ3n) is 1.34. The maximum absolute atomic E-state index is 10.8. The topological polar surface area (TPSA) is 72.5 Å². The fourth-order valence-electron chi connectivity index (χ4n) is 0.784. The van der Waals surface area contributed by atoms with Gasteiger partial charge >= 0.3 is 0 Å². The van der Waals surface area contributed by atoms with E-state index in [-0.39, 0.29) is 11.8 Å². The zero-order valence-electron chi connectivity index (χ0n) is 7.25. The van der Waals surface area contributed by atoms with Gasteiger partial charge in [-0.15, -0.1) is 0 Å². The molecule has 0 fully saturated rings. The molecule has 0 aromatic carbocycles. The molecule has 0 saturated carbocycles. The Hall–Kier alpha value is -1.19. The first-order valence-corrected chi connectivity index (χ1v) is 3.96. The van der Waals surface area contributed by atoms with E-state index in [1.54, 1.807) is 6.92 Å². The van der Waals surface area contributed by atoms with E-state index < -0.39 is 0 Å². The van der Waals surface area contributed by atoms with Gasteiger partial charge in [0.05, 0.1) is 0 Å². The van der Waals surface area contributed by atoms with Crippen LogP contribution in [0.5, 0.6) is 0 Å². The SMILES string of the molecule is CC=NC(=O)CCCCC(N)=O. The van der Waals surface area contributed by atoms with Crippen molar-refractivity contribution in [3.05, 3.63) is 0 Å². The highest BCUT2D eigenvalue weighted by atomic mass is 16.1. The van der Waals surface area contributed by atoms with Gasteiger partial charge in [-0.05, 0) is 19.8 Å². The highest BCUT2D eigenvalue weighted by molar-refractivity contribution is 5.84. The van der Waals surface area contributed by atoms with Crippen molar-refractivity contribution in [3.63, 3.8) is 0 Å². The van der Waals surface area contributed by atoms with Crippen LogP contribution in [-0.4, -0.2) is 18.0 Å². The Bertz CT molecular complexity index is 187. The van der Waals surface area contributed by atoms with E-state index >= 15 is 0 Å². The van der Waals surface area contributed by atoms with Crippen LogP contribution in [-0.2, 0) is 9.59 Å². The standard InChI is InChI=1S/C8H14N2O2/c1-2-10-8(12)6-4-3-5-7(9)11/h2H,3-6H2,1H3,(H2,9,11). The summed E-state index contributed by atoms with van der Waals surface area (Å²) < 4.78 is 0. The van der Waals surface area contributed by atoms with Crippen LogP contribution in [0.15, 0.2) is 4.99 Å². The minimum atomic E-state index is -0.318. The van der Waals surface area contributed by atoms with Crippen LogP contribution in [0.3, 0.4) is 0 Å². The Balaban J connectivity index is 3.31. The molecular weight excluding hydrogens is 156 g/mol. The molecule has 0 bridgehead atoms. The first-order chi connectivity index (χ1) is 5.66. The lowest BCUT2D eigenvalue weighted by Crippen LogP contribution is -2.09. The van der Waals surface area contributed by atoms with Gasteiger partial charge in [0, 0.05) is 19.1 Å².